The number of hydrogen-bond donors (Lipinski definition) is 1. The topological polar surface area (TPSA) is 27.8 Å². The van der Waals surface area contributed by atoms with E-state index in [4.69, 9.17) is 18.2 Å². The lowest BCUT2D eigenvalue weighted by molar-refractivity contribution is -0.209. The smallest absolute Gasteiger partial charge is 0.382 e. The van der Waals surface area contributed by atoms with Gasteiger partial charge in [0.2, 0.25) is 5.69 Å². The summed E-state index contributed by atoms with van der Waals surface area (Å²) in [5.74, 6) is 0. The normalized spacial score (nSPS) is 20.4. The first kappa shape index (κ1) is 15.9. The molecular formula is C14H14ClF3N2O. The van der Waals surface area contributed by atoms with Gasteiger partial charge in [-0.1, -0.05) is 17.7 Å². The van der Waals surface area contributed by atoms with Crippen LogP contribution < -0.4 is 4.90 Å². The molecule has 0 radical (unpaired) electrons. The lowest BCUT2D eigenvalue weighted by Gasteiger charge is -2.32. The van der Waals surface area contributed by atoms with Crippen LogP contribution in [0.3, 0.4) is 0 Å². The molecule has 1 aromatic rings. The van der Waals surface area contributed by atoms with Crippen LogP contribution in [-0.2, 0) is 0 Å². The number of benzene rings is 1. The van der Waals surface area contributed by atoms with Crippen LogP contribution in [0.1, 0.15) is 18.4 Å². The van der Waals surface area contributed by atoms with E-state index in [0.717, 1.165) is 0 Å². The fraction of sp³-hybridized carbons (Fsp3) is 0.500. The van der Waals surface area contributed by atoms with E-state index >= 15 is 0 Å². The van der Waals surface area contributed by atoms with Crippen molar-refractivity contribution in [1.29, 1.82) is 0 Å². The standard InChI is InChI=1S/C14H14ClF3N2O/c1-8-10(6-5-9(19-2)12(8)15)20-7-3-4-11(20)13(21)14(16,17)18/h5-6,11,13,21H,3-4,7H2,1H3/t11-,13+/m1/s1. The van der Waals surface area contributed by atoms with E-state index < -0.39 is 18.3 Å². The van der Waals surface area contributed by atoms with Crippen molar-refractivity contribution in [3.63, 3.8) is 0 Å². The molecule has 0 bridgehead atoms. The summed E-state index contributed by atoms with van der Waals surface area (Å²) < 4.78 is 38.2. The molecule has 1 fully saturated rings. The van der Waals surface area contributed by atoms with Crippen molar-refractivity contribution < 1.29 is 18.3 Å². The molecule has 1 heterocycles. The molecule has 1 aromatic carbocycles. The molecule has 0 aromatic heterocycles. The highest BCUT2D eigenvalue weighted by Crippen LogP contribution is 2.39. The molecule has 114 valence electrons. The van der Waals surface area contributed by atoms with E-state index in [9.17, 15) is 18.3 Å². The maximum absolute atomic E-state index is 12.7. The molecule has 1 saturated heterocycles. The molecule has 1 aliphatic heterocycles. The Labute approximate surface area is 125 Å². The summed E-state index contributed by atoms with van der Waals surface area (Å²) in [6, 6.07) is 2.07. The monoisotopic (exact) mass is 318 g/mol. The van der Waals surface area contributed by atoms with Crippen LogP contribution in [0.15, 0.2) is 12.1 Å². The van der Waals surface area contributed by atoms with Crippen LogP contribution in [-0.4, -0.2) is 30.0 Å². The molecule has 21 heavy (non-hydrogen) atoms. The first-order chi connectivity index (χ1) is 9.77. The summed E-state index contributed by atoms with van der Waals surface area (Å²) in [6.07, 6.45) is -6.21. The molecule has 2 atom stereocenters. The molecule has 0 spiro atoms. The summed E-state index contributed by atoms with van der Waals surface area (Å²) in [5.41, 5.74) is 1.37. The van der Waals surface area contributed by atoms with E-state index in [-0.39, 0.29) is 17.1 Å². The molecule has 7 heteroatoms. The van der Waals surface area contributed by atoms with Crippen LogP contribution in [0, 0.1) is 13.5 Å². The van der Waals surface area contributed by atoms with Crippen molar-refractivity contribution in [2.75, 3.05) is 11.4 Å². The fourth-order valence-corrected chi connectivity index (χ4v) is 2.90. The van der Waals surface area contributed by atoms with Crippen LogP contribution >= 0.6 is 11.6 Å². The third-order valence-electron chi connectivity index (χ3n) is 3.77. The van der Waals surface area contributed by atoms with Crippen molar-refractivity contribution >= 4 is 23.0 Å². The van der Waals surface area contributed by atoms with Crippen LogP contribution in [0.5, 0.6) is 0 Å². The second kappa shape index (κ2) is 5.74. The Balaban J connectivity index is 2.38. The number of alkyl halides is 3. The zero-order valence-electron chi connectivity index (χ0n) is 11.3. The van der Waals surface area contributed by atoms with E-state index in [1.54, 1.807) is 13.0 Å². The Morgan fingerprint density at radius 3 is 2.71 bits per heavy atom. The third-order valence-corrected chi connectivity index (χ3v) is 4.24. The highest BCUT2D eigenvalue weighted by Gasteiger charge is 2.47. The molecule has 0 unspecified atom stereocenters. The van der Waals surface area contributed by atoms with Gasteiger partial charge in [-0.25, -0.2) is 4.85 Å². The number of aliphatic hydroxyl groups is 1. The summed E-state index contributed by atoms with van der Waals surface area (Å²) in [5, 5.41) is 9.78. The highest BCUT2D eigenvalue weighted by molar-refractivity contribution is 6.34. The number of hydrogen-bond acceptors (Lipinski definition) is 2. The lowest BCUT2D eigenvalue weighted by atomic mass is 10.1. The maximum atomic E-state index is 12.7. The van der Waals surface area contributed by atoms with E-state index in [1.807, 2.05) is 0 Å². The number of aliphatic hydroxyl groups excluding tert-OH is 1. The van der Waals surface area contributed by atoms with Crippen molar-refractivity contribution in [2.45, 2.75) is 38.1 Å². The van der Waals surface area contributed by atoms with Gasteiger partial charge in [0.25, 0.3) is 0 Å². The van der Waals surface area contributed by atoms with Gasteiger partial charge in [0.05, 0.1) is 17.6 Å². The second-order valence-corrected chi connectivity index (χ2v) is 5.42. The molecule has 0 saturated carbocycles. The van der Waals surface area contributed by atoms with E-state index in [1.165, 1.54) is 11.0 Å². The summed E-state index contributed by atoms with van der Waals surface area (Å²) in [6.45, 7) is 9.08. The minimum atomic E-state index is -4.65. The van der Waals surface area contributed by atoms with Gasteiger partial charge in [0.1, 0.15) is 0 Å². The van der Waals surface area contributed by atoms with Gasteiger partial charge in [-0.3, -0.25) is 0 Å². The Kier molecular flexibility index (Phi) is 4.35. The van der Waals surface area contributed by atoms with Crippen LogP contribution in [0.25, 0.3) is 4.85 Å². The molecule has 1 N–H and O–H groups in total. The summed E-state index contributed by atoms with van der Waals surface area (Å²) >= 11 is 6.07. The highest BCUT2D eigenvalue weighted by atomic mass is 35.5. The molecule has 2 rings (SSSR count). The predicted molar refractivity (Wildman–Crippen MR) is 74.9 cm³/mol. The molecule has 1 aliphatic rings. The molecular weight excluding hydrogens is 305 g/mol. The third kappa shape index (κ3) is 2.94. The Morgan fingerprint density at radius 2 is 2.14 bits per heavy atom. The average molecular weight is 319 g/mol. The van der Waals surface area contributed by atoms with Crippen LogP contribution in [0.4, 0.5) is 24.5 Å². The quantitative estimate of drug-likeness (QED) is 0.832. The molecule has 0 aliphatic carbocycles. The van der Waals surface area contributed by atoms with Gasteiger partial charge in [0, 0.05) is 12.2 Å². The van der Waals surface area contributed by atoms with Crippen molar-refractivity contribution in [3.05, 3.63) is 34.1 Å². The number of nitrogens with zero attached hydrogens (tertiary/aromatic N) is 2. The number of anilines is 1. The zero-order chi connectivity index (χ0) is 15.8. The Morgan fingerprint density at radius 1 is 1.48 bits per heavy atom. The Bertz CT molecular complexity index is 583. The SMILES string of the molecule is [C-]#[N+]c1ccc(N2CCC[C@@H]2[C@H](O)C(F)(F)F)c(C)c1Cl. The van der Waals surface area contributed by atoms with E-state index in [2.05, 4.69) is 4.85 Å². The number of halogens is 4. The summed E-state index contributed by atoms with van der Waals surface area (Å²) in [7, 11) is 0. The Hall–Kier alpha value is -1.45. The second-order valence-electron chi connectivity index (χ2n) is 5.04. The van der Waals surface area contributed by atoms with Crippen molar-refractivity contribution in [1.82, 2.24) is 0 Å². The average Bonchev–Trinajstić information content (AvgIpc) is 2.88. The predicted octanol–water partition coefficient (Wildman–Crippen LogP) is 4.09. The lowest BCUT2D eigenvalue weighted by Crippen LogP contribution is -2.47. The number of rotatable bonds is 2. The molecule has 3 nitrogen and oxygen atoms in total. The van der Waals surface area contributed by atoms with Gasteiger partial charge in [-0.15, -0.1) is 0 Å². The minimum absolute atomic E-state index is 0.245. The van der Waals surface area contributed by atoms with E-state index in [0.29, 0.717) is 24.2 Å². The fourth-order valence-electron chi connectivity index (χ4n) is 2.70. The first-order valence-electron chi connectivity index (χ1n) is 6.45. The zero-order valence-corrected chi connectivity index (χ0v) is 12.0. The van der Waals surface area contributed by atoms with Crippen molar-refractivity contribution in [3.8, 4) is 0 Å². The van der Waals surface area contributed by atoms with Gasteiger partial charge in [-0.2, -0.15) is 13.2 Å². The minimum Gasteiger partial charge on any atom is -0.382 e. The molecule has 0 amide bonds. The van der Waals surface area contributed by atoms with Gasteiger partial charge in [0.15, 0.2) is 6.10 Å². The maximum Gasteiger partial charge on any atom is 0.416 e. The van der Waals surface area contributed by atoms with Gasteiger partial charge < -0.3 is 10.0 Å². The van der Waals surface area contributed by atoms with Crippen molar-refractivity contribution in [2.24, 2.45) is 0 Å². The van der Waals surface area contributed by atoms with Crippen LogP contribution in [0.2, 0.25) is 5.02 Å². The first-order valence-corrected chi connectivity index (χ1v) is 6.83. The summed E-state index contributed by atoms with van der Waals surface area (Å²) in [4.78, 5) is 4.80. The largest absolute Gasteiger partial charge is 0.416 e. The van der Waals surface area contributed by atoms with Gasteiger partial charge >= 0.3 is 6.18 Å². The van der Waals surface area contributed by atoms with Gasteiger partial charge in [-0.05, 0) is 31.4 Å².